The van der Waals surface area contributed by atoms with E-state index in [1.54, 1.807) is 26.4 Å². The van der Waals surface area contributed by atoms with Crippen molar-refractivity contribution in [2.75, 3.05) is 30.6 Å². The van der Waals surface area contributed by atoms with E-state index in [0.717, 1.165) is 6.42 Å². The lowest BCUT2D eigenvalue weighted by molar-refractivity contribution is -0.118. The van der Waals surface area contributed by atoms with E-state index in [1.807, 2.05) is 11.0 Å². The van der Waals surface area contributed by atoms with Crippen molar-refractivity contribution in [2.24, 2.45) is 10.9 Å². The first-order chi connectivity index (χ1) is 14.4. The summed E-state index contributed by atoms with van der Waals surface area (Å²) in [7, 11) is 0.0191. The first-order valence-electron chi connectivity index (χ1n) is 10.4. The van der Waals surface area contributed by atoms with Gasteiger partial charge < -0.3 is 14.4 Å². The minimum Gasteiger partial charge on any atom is -0.497 e. The molecule has 1 aromatic carbocycles. The predicted molar refractivity (Wildman–Crippen MR) is 119 cm³/mol. The molecule has 0 radical (unpaired) electrons. The number of benzene rings is 1. The van der Waals surface area contributed by atoms with E-state index in [4.69, 9.17) is 9.47 Å². The highest BCUT2D eigenvalue weighted by molar-refractivity contribution is 8.16. The van der Waals surface area contributed by atoms with Crippen LogP contribution in [0.2, 0.25) is 0 Å². The van der Waals surface area contributed by atoms with Crippen LogP contribution in [0.5, 0.6) is 11.5 Å². The summed E-state index contributed by atoms with van der Waals surface area (Å²) >= 11 is 1.39. The second-order valence-corrected chi connectivity index (χ2v) is 11.5. The number of hydrogen-bond donors (Lipinski definition) is 0. The summed E-state index contributed by atoms with van der Waals surface area (Å²) in [5.74, 6) is 1.85. The molecule has 3 fully saturated rings. The Labute approximate surface area is 182 Å². The number of amidine groups is 1. The zero-order valence-corrected chi connectivity index (χ0v) is 19.0. The maximum absolute atomic E-state index is 12.7. The number of rotatable bonds is 6. The molecule has 2 saturated heterocycles. The van der Waals surface area contributed by atoms with E-state index in [-0.39, 0.29) is 28.7 Å². The predicted octanol–water partition coefficient (Wildman–Crippen LogP) is 3.28. The Morgan fingerprint density at radius 3 is 2.67 bits per heavy atom. The number of carbonyl (C=O) groups is 1. The van der Waals surface area contributed by atoms with Crippen LogP contribution in [0.3, 0.4) is 0 Å². The van der Waals surface area contributed by atoms with Gasteiger partial charge in [-0.05, 0) is 24.5 Å². The highest BCUT2D eigenvalue weighted by Crippen LogP contribution is 2.45. The third kappa shape index (κ3) is 4.46. The summed E-state index contributed by atoms with van der Waals surface area (Å²) in [6, 6.07) is 5.11. The summed E-state index contributed by atoms with van der Waals surface area (Å²) in [5, 5.41) is 0.412. The molecule has 2 atom stereocenters. The number of methoxy groups -OCH3 is 2. The summed E-state index contributed by atoms with van der Waals surface area (Å²) in [6.45, 7) is 0. The largest absolute Gasteiger partial charge is 0.497 e. The lowest BCUT2D eigenvalue weighted by Gasteiger charge is -2.26. The maximum atomic E-state index is 12.7. The lowest BCUT2D eigenvalue weighted by atomic mass is 10.0. The summed E-state index contributed by atoms with van der Waals surface area (Å²) < 4.78 is 35.4. The van der Waals surface area contributed by atoms with Gasteiger partial charge in [-0.1, -0.05) is 37.4 Å². The van der Waals surface area contributed by atoms with Crippen molar-refractivity contribution in [3.8, 4) is 11.5 Å². The molecule has 0 unspecified atom stereocenters. The quantitative estimate of drug-likeness (QED) is 0.655. The maximum Gasteiger partial charge on any atom is 0.248 e. The van der Waals surface area contributed by atoms with E-state index in [1.165, 1.54) is 37.4 Å². The average molecular weight is 453 g/mol. The van der Waals surface area contributed by atoms with Crippen LogP contribution < -0.4 is 14.4 Å². The number of anilines is 1. The van der Waals surface area contributed by atoms with Gasteiger partial charge in [0, 0.05) is 17.7 Å². The molecule has 1 amide bonds. The molecule has 0 bridgehead atoms. The van der Waals surface area contributed by atoms with Gasteiger partial charge in [-0.15, -0.1) is 0 Å². The van der Waals surface area contributed by atoms with Crippen LogP contribution in [-0.4, -0.2) is 56.5 Å². The summed E-state index contributed by atoms with van der Waals surface area (Å²) in [4.78, 5) is 19.0. The van der Waals surface area contributed by atoms with Crippen LogP contribution in [-0.2, 0) is 14.6 Å². The van der Waals surface area contributed by atoms with Gasteiger partial charge >= 0.3 is 0 Å². The number of carbonyl (C=O) groups excluding carboxylic acids is 1. The van der Waals surface area contributed by atoms with E-state index in [2.05, 4.69) is 4.99 Å². The van der Waals surface area contributed by atoms with Crippen LogP contribution in [0.4, 0.5) is 5.69 Å². The SMILES string of the molecule is COc1ccc(OC)c(N2C(=NC(=O)CCC3CCCC3)S[C@@H]3CS(=O)(=O)C[C@H]32)c1. The van der Waals surface area contributed by atoms with Gasteiger partial charge in [0.2, 0.25) is 5.91 Å². The number of thioether (sulfide) groups is 1. The van der Waals surface area contributed by atoms with Crippen molar-refractivity contribution < 1.29 is 22.7 Å². The Morgan fingerprint density at radius 2 is 1.97 bits per heavy atom. The molecule has 2 aliphatic heterocycles. The van der Waals surface area contributed by atoms with Gasteiger partial charge in [-0.2, -0.15) is 4.99 Å². The van der Waals surface area contributed by atoms with Crippen LogP contribution in [0.1, 0.15) is 38.5 Å². The van der Waals surface area contributed by atoms with Gasteiger partial charge in [0.05, 0.1) is 37.5 Å². The third-order valence-electron chi connectivity index (χ3n) is 6.17. The number of sulfone groups is 1. The van der Waals surface area contributed by atoms with Gasteiger partial charge in [-0.3, -0.25) is 4.79 Å². The highest BCUT2D eigenvalue weighted by Gasteiger charge is 2.50. The fourth-order valence-electron chi connectivity index (χ4n) is 4.62. The van der Waals surface area contributed by atoms with Crippen molar-refractivity contribution in [3.05, 3.63) is 18.2 Å². The van der Waals surface area contributed by atoms with Gasteiger partial charge in [-0.25, -0.2) is 8.42 Å². The number of nitrogens with zero attached hydrogens (tertiary/aromatic N) is 2. The zero-order valence-electron chi connectivity index (χ0n) is 17.4. The second-order valence-electron chi connectivity index (χ2n) is 8.19. The number of amides is 1. The Bertz CT molecular complexity index is 941. The smallest absolute Gasteiger partial charge is 0.248 e. The molecular weight excluding hydrogens is 424 g/mol. The Kier molecular flexibility index (Phi) is 6.29. The molecule has 4 rings (SSSR count). The zero-order chi connectivity index (χ0) is 21.3. The number of hydrogen-bond acceptors (Lipinski definition) is 6. The molecule has 3 aliphatic rings. The van der Waals surface area contributed by atoms with E-state index >= 15 is 0 Å². The topological polar surface area (TPSA) is 85.3 Å². The van der Waals surface area contributed by atoms with Crippen molar-refractivity contribution in [1.82, 2.24) is 0 Å². The van der Waals surface area contributed by atoms with Crippen molar-refractivity contribution >= 4 is 38.4 Å². The minimum absolute atomic E-state index is 0.0420. The molecule has 0 spiro atoms. The first-order valence-corrected chi connectivity index (χ1v) is 13.1. The van der Waals surface area contributed by atoms with E-state index < -0.39 is 9.84 Å². The monoisotopic (exact) mass is 452 g/mol. The first kappa shape index (κ1) is 21.5. The molecular formula is C21H28N2O5S2. The molecule has 30 heavy (non-hydrogen) atoms. The highest BCUT2D eigenvalue weighted by atomic mass is 32.2. The fraction of sp³-hybridized carbons (Fsp3) is 0.619. The van der Waals surface area contributed by atoms with Crippen molar-refractivity contribution in [3.63, 3.8) is 0 Å². The van der Waals surface area contributed by atoms with Crippen molar-refractivity contribution in [2.45, 2.75) is 49.8 Å². The Hall–Kier alpha value is -1.74. The molecule has 0 aromatic heterocycles. The van der Waals surface area contributed by atoms with E-state index in [9.17, 15) is 13.2 Å². The van der Waals surface area contributed by atoms with Gasteiger partial charge in [0.15, 0.2) is 15.0 Å². The van der Waals surface area contributed by atoms with Gasteiger partial charge in [0.25, 0.3) is 0 Å². The Balaban J connectivity index is 1.63. The lowest BCUT2D eigenvalue weighted by Crippen LogP contribution is -2.38. The summed E-state index contributed by atoms with van der Waals surface area (Å²) in [6.07, 6.45) is 6.23. The molecule has 7 nitrogen and oxygen atoms in total. The van der Waals surface area contributed by atoms with Crippen LogP contribution in [0, 0.1) is 5.92 Å². The fourth-order valence-corrected chi connectivity index (χ4v) is 8.54. The van der Waals surface area contributed by atoms with Gasteiger partial charge in [0.1, 0.15) is 11.5 Å². The van der Waals surface area contributed by atoms with Crippen LogP contribution >= 0.6 is 11.8 Å². The van der Waals surface area contributed by atoms with Crippen LogP contribution in [0.25, 0.3) is 0 Å². The standard InChI is InChI=1S/C21H28N2O5S2/c1-27-15-8-9-18(28-2)16(11-15)23-17-12-30(25,26)13-19(17)29-21(23)22-20(24)10-7-14-5-3-4-6-14/h8-9,11,14,17,19H,3-7,10,12-13H2,1-2H3/t17-,19-/m1/s1. The minimum atomic E-state index is -3.13. The Morgan fingerprint density at radius 1 is 1.20 bits per heavy atom. The van der Waals surface area contributed by atoms with Crippen LogP contribution in [0.15, 0.2) is 23.2 Å². The molecule has 0 N–H and O–H groups in total. The second kappa shape index (κ2) is 8.78. The van der Waals surface area contributed by atoms with Crippen molar-refractivity contribution in [1.29, 1.82) is 0 Å². The molecule has 2 heterocycles. The number of fused-ring (bicyclic) bond motifs is 1. The molecule has 164 valence electrons. The molecule has 9 heteroatoms. The normalized spacial score (nSPS) is 26.9. The summed E-state index contributed by atoms with van der Waals surface area (Å²) in [5.41, 5.74) is 0.677. The van der Waals surface area contributed by atoms with E-state index in [0.29, 0.717) is 34.7 Å². The number of ether oxygens (including phenoxy) is 2. The molecule has 1 aromatic rings. The third-order valence-corrected chi connectivity index (χ3v) is 9.38. The molecule has 1 aliphatic carbocycles. The molecule has 1 saturated carbocycles. The average Bonchev–Trinajstić information content (AvgIpc) is 3.40. The number of aliphatic imine (C=N–C) groups is 1.